The summed E-state index contributed by atoms with van der Waals surface area (Å²) in [6.45, 7) is 2.79. The molecule has 2 rings (SSSR count). The molecule has 0 fully saturated rings. The van der Waals surface area contributed by atoms with Crippen LogP contribution in [0.15, 0.2) is 17.8 Å². The van der Waals surface area contributed by atoms with Gasteiger partial charge in [0.2, 0.25) is 5.28 Å². The second-order valence-corrected chi connectivity index (χ2v) is 4.68. The summed E-state index contributed by atoms with van der Waals surface area (Å²) in [6, 6.07) is 1.84. The molecular weight excluding hydrogens is 244 g/mol. The zero-order valence-corrected chi connectivity index (χ0v) is 10.6. The van der Waals surface area contributed by atoms with Crippen LogP contribution in [0.25, 0.3) is 0 Å². The summed E-state index contributed by atoms with van der Waals surface area (Å²) in [4.78, 5) is 15.5. The maximum atomic E-state index is 5.74. The quantitative estimate of drug-likeness (QED) is 0.790. The molecule has 0 amide bonds. The Bertz CT molecular complexity index is 485. The van der Waals surface area contributed by atoms with Gasteiger partial charge in [0.1, 0.15) is 5.82 Å². The van der Waals surface area contributed by atoms with Crippen molar-refractivity contribution in [3.63, 3.8) is 0 Å². The zero-order valence-electron chi connectivity index (χ0n) is 9.01. The SMILES string of the molecule is Cc1ncsc1CN(C)c1ccnc(Cl)n1. The van der Waals surface area contributed by atoms with Crippen LogP contribution < -0.4 is 4.90 Å². The molecule has 0 spiro atoms. The lowest BCUT2D eigenvalue weighted by atomic mass is 10.3. The third-order valence-electron chi connectivity index (χ3n) is 2.23. The molecule has 6 heteroatoms. The van der Waals surface area contributed by atoms with Gasteiger partial charge in [0.15, 0.2) is 0 Å². The summed E-state index contributed by atoms with van der Waals surface area (Å²) in [5.41, 5.74) is 2.92. The fourth-order valence-electron chi connectivity index (χ4n) is 1.31. The first-order chi connectivity index (χ1) is 7.66. The minimum Gasteiger partial charge on any atom is -0.354 e. The molecule has 4 nitrogen and oxygen atoms in total. The normalized spacial score (nSPS) is 10.4. The van der Waals surface area contributed by atoms with Gasteiger partial charge in [0.05, 0.1) is 17.7 Å². The highest BCUT2D eigenvalue weighted by atomic mass is 35.5. The van der Waals surface area contributed by atoms with Crippen LogP contribution in [0.3, 0.4) is 0 Å². The first-order valence-corrected chi connectivity index (χ1v) is 6.01. The van der Waals surface area contributed by atoms with E-state index in [2.05, 4.69) is 15.0 Å². The lowest BCUT2D eigenvalue weighted by molar-refractivity contribution is 0.894. The predicted molar refractivity (Wildman–Crippen MR) is 66.0 cm³/mol. The van der Waals surface area contributed by atoms with Crippen LogP contribution in [0.5, 0.6) is 0 Å². The molecular formula is C10H11ClN4S. The summed E-state index contributed by atoms with van der Waals surface area (Å²) < 4.78 is 0. The summed E-state index contributed by atoms with van der Waals surface area (Å²) in [6.07, 6.45) is 1.65. The van der Waals surface area contributed by atoms with Crippen LogP contribution in [0.1, 0.15) is 10.6 Å². The van der Waals surface area contributed by atoms with Gasteiger partial charge >= 0.3 is 0 Å². The van der Waals surface area contributed by atoms with Gasteiger partial charge in [0.25, 0.3) is 0 Å². The number of hydrogen-bond acceptors (Lipinski definition) is 5. The van der Waals surface area contributed by atoms with E-state index in [1.165, 1.54) is 4.88 Å². The topological polar surface area (TPSA) is 41.9 Å². The molecule has 16 heavy (non-hydrogen) atoms. The molecule has 0 aliphatic heterocycles. The summed E-state index contributed by atoms with van der Waals surface area (Å²) >= 11 is 7.39. The van der Waals surface area contributed by atoms with E-state index in [0.717, 1.165) is 18.1 Å². The van der Waals surface area contributed by atoms with Gasteiger partial charge in [0, 0.05) is 18.1 Å². The minimum atomic E-state index is 0.269. The monoisotopic (exact) mass is 254 g/mol. The van der Waals surface area contributed by atoms with E-state index in [-0.39, 0.29) is 5.28 Å². The maximum Gasteiger partial charge on any atom is 0.224 e. The molecule has 0 saturated carbocycles. The number of aromatic nitrogens is 3. The lowest BCUT2D eigenvalue weighted by Gasteiger charge is -2.17. The molecule has 0 atom stereocenters. The predicted octanol–water partition coefficient (Wildman–Crippen LogP) is 2.53. The first-order valence-electron chi connectivity index (χ1n) is 4.75. The van der Waals surface area contributed by atoms with Crippen molar-refractivity contribution >= 4 is 28.8 Å². The number of thiazole rings is 1. The number of nitrogens with zero attached hydrogens (tertiary/aromatic N) is 4. The van der Waals surface area contributed by atoms with Gasteiger partial charge in [-0.3, -0.25) is 0 Å². The van der Waals surface area contributed by atoms with Crippen LogP contribution >= 0.6 is 22.9 Å². The number of hydrogen-bond donors (Lipinski definition) is 0. The van der Waals surface area contributed by atoms with E-state index in [9.17, 15) is 0 Å². The van der Waals surface area contributed by atoms with Crippen molar-refractivity contribution in [3.05, 3.63) is 33.6 Å². The van der Waals surface area contributed by atoms with Gasteiger partial charge < -0.3 is 4.90 Å². The zero-order chi connectivity index (χ0) is 11.5. The Hall–Kier alpha value is -1.20. The fraction of sp³-hybridized carbons (Fsp3) is 0.300. The molecule has 0 radical (unpaired) electrons. The van der Waals surface area contributed by atoms with Gasteiger partial charge in [-0.15, -0.1) is 11.3 Å². The van der Waals surface area contributed by atoms with Gasteiger partial charge in [-0.1, -0.05) is 0 Å². The highest BCUT2D eigenvalue weighted by molar-refractivity contribution is 7.09. The number of anilines is 1. The molecule has 0 saturated heterocycles. The van der Waals surface area contributed by atoms with Crippen molar-refractivity contribution in [3.8, 4) is 0 Å². The first kappa shape index (κ1) is 11.3. The fourth-order valence-corrected chi connectivity index (χ4v) is 2.29. The number of aryl methyl sites for hydroxylation is 1. The average molecular weight is 255 g/mol. The molecule has 0 N–H and O–H groups in total. The molecule has 0 unspecified atom stereocenters. The number of rotatable bonds is 3. The van der Waals surface area contributed by atoms with Crippen molar-refractivity contribution < 1.29 is 0 Å². The van der Waals surface area contributed by atoms with E-state index < -0.39 is 0 Å². The van der Waals surface area contributed by atoms with E-state index in [1.54, 1.807) is 17.5 Å². The Labute approximate surface area is 103 Å². The molecule has 0 bridgehead atoms. The average Bonchev–Trinajstić information content (AvgIpc) is 2.64. The Balaban J connectivity index is 2.14. The molecule has 2 aromatic rings. The Morgan fingerprint density at radius 1 is 1.44 bits per heavy atom. The summed E-state index contributed by atoms with van der Waals surface area (Å²) in [5.74, 6) is 0.813. The van der Waals surface area contributed by atoms with Crippen LogP contribution in [-0.2, 0) is 6.54 Å². The van der Waals surface area contributed by atoms with Crippen molar-refractivity contribution in [1.82, 2.24) is 15.0 Å². The smallest absolute Gasteiger partial charge is 0.224 e. The standard InChI is InChI=1S/C10H11ClN4S/c1-7-8(16-6-13-7)5-15(2)9-3-4-12-10(11)14-9/h3-4,6H,5H2,1-2H3. The Morgan fingerprint density at radius 2 is 2.25 bits per heavy atom. The lowest BCUT2D eigenvalue weighted by Crippen LogP contribution is -2.17. The number of halogens is 1. The molecule has 0 aliphatic carbocycles. The highest BCUT2D eigenvalue weighted by Gasteiger charge is 2.08. The molecule has 2 aromatic heterocycles. The van der Waals surface area contributed by atoms with E-state index in [1.807, 2.05) is 30.4 Å². The van der Waals surface area contributed by atoms with E-state index >= 15 is 0 Å². The van der Waals surface area contributed by atoms with Gasteiger partial charge in [-0.25, -0.2) is 15.0 Å². The third-order valence-corrected chi connectivity index (χ3v) is 3.33. The second kappa shape index (κ2) is 4.76. The molecule has 0 aliphatic rings. The summed E-state index contributed by atoms with van der Waals surface area (Å²) in [5, 5.41) is 0.269. The van der Waals surface area contributed by atoms with Crippen molar-refractivity contribution in [2.24, 2.45) is 0 Å². The molecule has 2 heterocycles. The van der Waals surface area contributed by atoms with Crippen molar-refractivity contribution in [2.75, 3.05) is 11.9 Å². The minimum absolute atomic E-state index is 0.269. The maximum absolute atomic E-state index is 5.74. The Morgan fingerprint density at radius 3 is 2.88 bits per heavy atom. The van der Waals surface area contributed by atoms with E-state index in [0.29, 0.717) is 0 Å². The third kappa shape index (κ3) is 2.48. The second-order valence-electron chi connectivity index (χ2n) is 3.40. The van der Waals surface area contributed by atoms with Crippen LogP contribution in [0.4, 0.5) is 5.82 Å². The van der Waals surface area contributed by atoms with Crippen molar-refractivity contribution in [1.29, 1.82) is 0 Å². The molecule has 0 aromatic carbocycles. The van der Waals surface area contributed by atoms with Crippen LogP contribution in [0, 0.1) is 6.92 Å². The Kier molecular flexibility index (Phi) is 3.36. The van der Waals surface area contributed by atoms with E-state index in [4.69, 9.17) is 11.6 Å². The summed E-state index contributed by atoms with van der Waals surface area (Å²) in [7, 11) is 1.97. The van der Waals surface area contributed by atoms with Gasteiger partial charge in [-0.2, -0.15) is 0 Å². The van der Waals surface area contributed by atoms with Crippen molar-refractivity contribution in [2.45, 2.75) is 13.5 Å². The molecule has 84 valence electrons. The largest absolute Gasteiger partial charge is 0.354 e. The van der Waals surface area contributed by atoms with Crippen LogP contribution in [-0.4, -0.2) is 22.0 Å². The van der Waals surface area contributed by atoms with Gasteiger partial charge in [-0.05, 0) is 24.6 Å². The highest BCUT2D eigenvalue weighted by Crippen LogP contribution is 2.18. The van der Waals surface area contributed by atoms with Crippen LogP contribution in [0.2, 0.25) is 5.28 Å².